The number of imidazole rings is 1. The molecular weight excluding hydrogens is 546 g/mol. The molecule has 0 fully saturated rings. The molecule has 0 aliphatic carbocycles. The second-order valence-electron chi connectivity index (χ2n) is 9.20. The van der Waals surface area contributed by atoms with Crippen LogP contribution in [0.4, 0.5) is 11.6 Å². The molecule has 0 saturated carbocycles. The molecule has 0 aliphatic rings. The van der Waals surface area contributed by atoms with Crippen molar-refractivity contribution in [3.8, 4) is 11.4 Å². The van der Waals surface area contributed by atoms with Crippen LogP contribution < -0.4 is 10.0 Å². The Kier molecular flexibility index (Phi) is 7.44. The molecule has 0 aliphatic heterocycles. The molecule has 1 amide bonds. The van der Waals surface area contributed by atoms with Gasteiger partial charge in [0.15, 0.2) is 6.10 Å². The highest BCUT2D eigenvalue weighted by Gasteiger charge is 2.21. The summed E-state index contributed by atoms with van der Waals surface area (Å²) in [5, 5.41) is 2.61. The first kappa shape index (κ1) is 27.4. The first-order chi connectivity index (χ1) is 19.6. The minimum absolute atomic E-state index is 0.0314. The van der Waals surface area contributed by atoms with Gasteiger partial charge in [0.25, 0.3) is 15.9 Å². The number of amides is 1. The summed E-state index contributed by atoms with van der Waals surface area (Å²) in [7, 11) is -3.95. The number of hydrogen-bond donors (Lipinski definition) is 3. The number of H-pyrrole nitrogens is 1. The molecular formula is C28H25N7O5S. The lowest BCUT2D eigenvalue weighted by molar-refractivity contribution is -0.123. The average molecular weight is 572 g/mol. The summed E-state index contributed by atoms with van der Waals surface area (Å²) in [5.74, 6) is -0.693. The van der Waals surface area contributed by atoms with Crippen LogP contribution in [0.1, 0.15) is 28.7 Å². The van der Waals surface area contributed by atoms with Crippen molar-refractivity contribution in [2.75, 3.05) is 10.0 Å². The third-order valence-electron chi connectivity index (χ3n) is 5.95. The number of aromatic amines is 1. The van der Waals surface area contributed by atoms with E-state index in [-0.39, 0.29) is 16.4 Å². The minimum Gasteiger partial charge on any atom is -0.449 e. The van der Waals surface area contributed by atoms with Crippen LogP contribution in [0, 0.1) is 13.8 Å². The van der Waals surface area contributed by atoms with E-state index in [0.717, 1.165) is 5.56 Å². The van der Waals surface area contributed by atoms with Gasteiger partial charge in [-0.25, -0.2) is 32.9 Å². The molecule has 3 heterocycles. The summed E-state index contributed by atoms with van der Waals surface area (Å²) in [5.41, 5.74) is 3.90. The quantitative estimate of drug-likeness (QED) is 0.233. The van der Waals surface area contributed by atoms with Gasteiger partial charge in [0.1, 0.15) is 5.82 Å². The number of benzene rings is 2. The lowest BCUT2D eigenvalue weighted by Crippen LogP contribution is -2.30. The normalized spacial score (nSPS) is 12.1. The first-order valence-electron chi connectivity index (χ1n) is 12.4. The van der Waals surface area contributed by atoms with Crippen LogP contribution in [0.15, 0.2) is 78.0 Å². The number of hydrogen-bond acceptors (Lipinski definition) is 9. The lowest BCUT2D eigenvalue weighted by atomic mass is 10.2. The zero-order valence-electron chi connectivity index (χ0n) is 22.2. The summed E-state index contributed by atoms with van der Waals surface area (Å²) in [6, 6.07) is 15.8. The molecule has 1 unspecified atom stereocenters. The van der Waals surface area contributed by atoms with Crippen molar-refractivity contribution < 1.29 is 22.7 Å². The molecule has 41 heavy (non-hydrogen) atoms. The van der Waals surface area contributed by atoms with E-state index < -0.39 is 28.0 Å². The van der Waals surface area contributed by atoms with Gasteiger partial charge in [0, 0.05) is 35.0 Å². The van der Waals surface area contributed by atoms with Gasteiger partial charge in [-0.1, -0.05) is 0 Å². The SMILES string of the molecule is Cc1cc(C)nc(NS(=O)(=O)c2ccc(NC(=O)C(C)OC(=O)c3ccc4nc(-c5cccnc5)[nH]c4c3)cc2)n1. The van der Waals surface area contributed by atoms with Gasteiger partial charge in [0.2, 0.25) is 5.95 Å². The number of carbonyl (C=O) groups excluding carboxylic acids is 2. The summed E-state index contributed by atoms with van der Waals surface area (Å²) < 4.78 is 33.2. The number of fused-ring (bicyclic) bond motifs is 1. The van der Waals surface area contributed by atoms with E-state index in [1.54, 1.807) is 56.6 Å². The molecule has 0 bridgehead atoms. The van der Waals surface area contributed by atoms with Gasteiger partial charge < -0.3 is 15.0 Å². The summed E-state index contributed by atoms with van der Waals surface area (Å²) in [6.45, 7) is 4.91. The smallest absolute Gasteiger partial charge is 0.338 e. The third-order valence-corrected chi connectivity index (χ3v) is 7.29. The number of rotatable bonds is 8. The number of aromatic nitrogens is 5. The maximum atomic E-state index is 12.7. The van der Waals surface area contributed by atoms with Gasteiger partial charge in [0.05, 0.1) is 21.5 Å². The van der Waals surface area contributed by atoms with Crippen LogP contribution in [0.2, 0.25) is 0 Å². The maximum absolute atomic E-state index is 12.7. The van der Waals surface area contributed by atoms with Crippen LogP contribution >= 0.6 is 0 Å². The highest BCUT2D eigenvalue weighted by atomic mass is 32.2. The minimum atomic E-state index is -3.95. The van der Waals surface area contributed by atoms with Gasteiger partial charge in [-0.3, -0.25) is 9.78 Å². The molecule has 0 spiro atoms. The van der Waals surface area contributed by atoms with E-state index in [9.17, 15) is 18.0 Å². The molecule has 5 aromatic rings. The van der Waals surface area contributed by atoms with Crippen LogP contribution in [-0.2, 0) is 19.6 Å². The van der Waals surface area contributed by atoms with E-state index in [1.165, 1.54) is 31.2 Å². The van der Waals surface area contributed by atoms with Crippen molar-refractivity contribution in [3.05, 3.63) is 90.0 Å². The summed E-state index contributed by atoms with van der Waals surface area (Å²) >= 11 is 0. The summed E-state index contributed by atoms with van der Waals surface area (Å²) in [4.78, 5) is 45.3. The third kappa shape index (κ3) is 6.36. The van der Waals surface area contributed by atoms with E-state index >= 15 is 0 Å². The van der Waals surface area contributed by atoms with Crippen molar-refractivity contribution in [2.24, 2.45) is 0 Å². The molecule has 12 nitrogen and oxygen atoms in total. The monoisotopic (exact) mass is 571 g/mol. The molecule has 0 saturated heterocycles. The molecule has 208 valence electrons. The fraction of sp³-hybridized carbons (Fsp3) is 0.143. The van der Waals surface area contributed by atoms with E-state index in [2.05, 4.69) is 35.0 Å². The van der Waals surface area contributed by atoms with Crippen LogP contribution in [0.5, 0.6) is 0 Å². The van der Waals surface area contributed by atoms with Crippen molar-refractivity contribution in [1.29, 1.82) is 0 Å². The number of aryl methyl sites for hydroxylation is 2. The van der Waals surface area contributed by atoms with Crippen molar-refractivity contribution in [1.82, 2.24) is 24.9 Å². The molecule has 13 heteroatoms. The van der Waals surface area contributed by atoms with Gasteiger partial charge in [-0.2, -0.15) is 0 Å². The average Bonchev–Trinajstić information content (AvgIpc) is 3.36. The molecule has 5 rings (SSSR count). The second-order valence-corrected chi connectivity index (χ2v) is 10.9. The Bertz CT molecular complexity index is 1840. The Balaban J connectivity index is 1.21. The number of nitrogens with one attached hydrogen (secondary N) is 3. The van der Waals surface area contributed by atoms with Crippen LogP contribution in [0.3, 0.4) is 0 Å². The number of esters is 1. The Morgan fingerprint density at radius 1 is 0.951 bits per heavy atom. The number of anilines is 2. The molecule has 3 aromatic heterocycles. The Hall–Kier alpha value is -5.17. The zero-order valence-corrected chi connectivity index (χ0v) is 23.1. The molecule has 1 atom stereocenters. The maximum Gasteiger partial charge on any atom is 0.338 e. The van der Waals surface area contributed by atoms with Crippen molar-refractivity contribution in [2.45, 2.75) is 31.8 Å². The van der Waals surface area contributed by atoms with E-state index in [4.69, 9.17) is 4.74 Å². The largest absolute Gasteiger partial charge is 0.449 e. The topological polar surface area (TPSA) is 169 Å². The molecule has 0 radical (unpaired) electrons. The zero-order chi connectivity index (χ0) is 29.1. The fourth-order valence-corrected chi connectivity index (χ4v) is 4.91. The molecule has 2 aromatic carbocycles. The second kappa shape index (κ2) is 11.1. The highest BCUT2D eigenvalue weighted by Crippen LogP contribution is 2.22. The van der Waals surface area contributed by atoms with Crippen LogP contribution in [-0.4, -0.2) is 51.3 Å². The number of sulfonamides is 1. The van der Waals surface area contributed by atoms with Crippen molar-refractivity contribution >= 4 is 44.6 Å². The van der Waals surface area contributed by atoms with Gasteiger partial charge >= 0.3 is 5.97 Å². The summed E-state index contributed by atoms with van der Waals surface area (Å²) in [6.07, 6.45) is 2.22. The Morgan fingerprint density at radius 2 is 1.68 bits per heavy atom. The highest BCUT2D eigenvalue weighted by molar-refractivity contribution is 7.92. The Labute approximate surface area is 235 Å². The van der Waals surface area contributed by atoms with Gasteiger partial charge in [-0.05, 0) is 81.4 Å². The first-order valence-corrected chi connectivity index (χ1v) is 13.9. The van der Waals surface area contributed by atoms with Gasteiger partial charge in [-0.15, -0.1) is 0 Å². The standard InChI is InChI=1S/C28H25N7O5S/c1-16-13-17(2)31-28(30-16)35-41(38,39)22-9-7-21(8-10-22)32-26(36)18(3)40-27(37)19-6-11-23-24(14-19)34-25(33-23)20-5-4-12-29-15-20/h4-15,18H,1-3H3,(H,32,36)(H,33,34)(H,30,31,35). The molecule has 3 N–H and O–H groups in total. The number of ether oxygens (including phenoxy) is 1. The predicted octanol–water partition coefficient (Wildman–Crippen LogP) is 4.02. The van der Waals surface area contributed by atoms with E-state index in [0.29, 0.717) is 33.9 Å². The predicted molar refractivity (Wildman–Crippen MR) is 152 cm³/mol. The number of carbonyl (C=O) groups is 2. The van der Waals surface area contributed by atoms with Crippen LogP contribution in [0.25, 0.3) is 22.4 Å². The van der Waals surface area contributed by atoms with Crippen molar-refractivity contribution in [3.63, 3.8) is 0 Å². The fourth-order valence-electron chi connectivity index (χ4n) is 3.97. The Morgan fingerprint density at radius 3 is 2.37 bits per heavy atom. The number of pyridine rings is 1. The van der Waals surface area contributed by atoms with E-state index in [1.807, 2.05) is 6.07 Å². The number of nitrogens with zero attached hydrogens (tertiary/aromatic N) is 4. The lowest BCUT2D eigenvalue weighted by Gasteiger charge is -2.14.